The van der Waals surface area contributed by atoms with Gasteiger partial charge in [-0.25, -0.2) is 9.97 Å². The summed E-state index contributed by atoms with van der Waals surface area (Å²) >= 11 is 0. The van der Waals surface area contributed by atoms with Crippen LogP contribution in [-0.4, -0.2) is 35.4 Å². The molecule has 0 spiro atoms. The molecular formula is C24H25N5O. The number of nitrogens with two attached hydrogens (primary N) is 1. The molecule has 1 atom stereocenters. The summed E-state index contributed by atoms with van der Waals surface area (Å²) in [6.45, 7) is 4.36. The van der Waals surface area contributed by atoms with Crippen LogP contribution in [0, 0.1) is 0 Å². The summed E-state index contributed by atoms with van der Waals surface area (Å²) in [7, 11) is 0. The number of hydrogen-bond acceptors (Lipinski definition) is 6. The van der Waals surface area contributed by atoms with Crippen molar-refractivity contribution < 1.29 is 4.79 Å². The van der Waals surface area contributed by atoms with E-state index in [0.717, 1.165) is 31.0 Å². The van der Waals surface area contributed by atoms with Gasteiger partial charge in [0, 0.05) is 37.4 Å². The minimum atomic E-state index is -0.217. The third-order valence-corrected chi connectivity index (χ3v) is 5.26. The number of nitrogens with one attached hydrogen (secondary N) is 1. The van der Waals surface area contributed by atoms with E-state index in [1.165, 1.54) is 5.56 Å². The van der Waals surface area contributed by atoms with E-state index in [9.17, 15) is 4.79 Å². The molecule has 0 radical (unpaired) electrons. The normalized spacial score (nSPS) is 16.7. The molecule has 0 saturated carbocycles. The second kappa shape index (κ2) is 8.88. The Balaban J connectivity index is 1.67. The van der Waals surface area contributed by atoms with E-state index in [2.05, 4.69) is 39.5 Å². The number of anilines is 2. The summed E-state index contributed by atoms with van der Waals surface area (Å²) in [6.07, 6.45) is 5.37. The van der Waals surface area contributed by atoms with Gasteiger partial charge < -0.3 is 16.0 Å². The third-order valence-electron chi connectivity index (χ3n) is 5.26. The Kier molecular flexibility index (Phi) is 5.86. The first-order valence-corrected chi connectivity index (χ1v) is 10.1. The number of carbonyl (C=O) groups is 1. The number of rotatable bonds is 5. The molecule has 1 aliphatic rings. The van der Waals surface area contributed by atoms with Gasteiger partial charge in [-0.15, -0.1) is 0 Å². The van der Waals surface area contributed by atoms with Crippen LogP contribution in [0.15, 0.2) is 66.9 Å². The van der Waals surface area contributed by atoms with Crippen LogP contribution in [0.1, 0.15) is 40.1 Å². The van der Waals surface area contributed by atoms with E-state index in [-0.39, 0.29) is 17.6 Å². The maximum absolute atomic E-state index is 13.2. The third kappa shape index (κ3) is 4.09. The Bertz CT molecular complexity index is 1060. The van der Waals surface area contributed by atoms with E-state index in [4.69, 9.17) is 10.7 Å². The number of nitrogen functional groups attached to an aromatic ring is 1. The van der Waals surface area contributed by atoms with Crippen molar-refractivity contribution in [3.05, 3.63) is 89.3 Å². The first kappa shape index (κ1) is 19.8. The van der Waals surface area contributed by atoms with Crippen LogP contribution in [0.2, 0.25) is 0 Å². The molecule has 30 heavy (non-hydrogen) atoms. The predicted octanol–water partition coefficient (Wildman–Crippen LogP) is 3.47. The molecule has 6 heteroatoms. The SMILES string of the molecule is C/C=C\c1ccc(N2CCNC(c3ccccc3)C2)nc1C(=O)c1cccnc1N. The Morgan fingerprint density at radius 3 is 2.77 bits per heavy atom. The number of piperazine rings is 1. The molecule has 3 aromatic rings. The summed E-state index contributed by atoms with van der Waals surface area (Å²) in [6, 6.07) is 17.9. The van der Waals surface area contributed by atoms with Crippen LogP contribution in [0.25, 0.3) is 6.08 Å². The van der Waals surface area contributed by atoms with Crippen LogP contribution in [0.4, 0.5) is 11.6 Å². The summed E-state index contributed by atoms with van der Waals surface area (Å²) in [5.74, 6) is 0.786. The van der Waals surface area contributed by atoms with E-state index < -0.39 is 0 Å². The van der Waals surface area contributed by atoms with Gasteiger partial charge in [0.25, 0.3) is 0 Å². The van der Waals surface area contributed by atoms with Gasteiger partial charge in [0.15, 0.2) is 0 Å². The van der Waals surface area contributed by atoms with Crippen LogP contribution in [0.5, 0.6) is 0 Å². The average Bonchev–Trinajstić information content (AvgIpc) is 2.80. The Morgan fingerprint density at radius 2 is 2.00 bits per heavy atom. The zero-order valence-corrected chi connectivity index (χ0v) is 17.0. The molecule has 1 saturated heterocycles. The lowest BCUT2D eigenvalue weighted by Crippen LogP contribution is -2.46. The average molecular weight is 399 g/mol. The number of carbonyl (C=O) groups excluding carboxylic acids is 1. The van der Waals surface area contributed by atoms with Gasteiger partial charge >= 0.3 is 0 Å². The van der Waals surface area contributed by atoms with Crippen LogP contribution in [-0.2, 0) is 0 Å². The van der Waals surface area contributed by atoms with Gasteiger partial charge in [-0.1, -0.05) is 42.5 Å². The van der Waals surface area contributed by atoms with Crippen molar-refractivity contribution in [2.75, 3.05) is 30.3 Å². The molecule has 3 heterocycles. The lowest BCUT2D eigenvalue weighted by atomic mass is 10.0. The van der Waals surface area contributed by atoms with Gasteiger partial charge in [-0.05, 0) is 36.8 Å². The van der Waals surface area contributed by atoms with Gasteiger partial charge in [0.05, 0.1) is 5.56 Å². The zero-order valence-electron chi connectivity index (χ0n) is 17.0. The van der Waals surface area contributed by atoms with Crippen molar-refractivity contribution in [1.29, 1.82) is 0 Å². The highest BCUT2D eigenvalue weighted by Crippen LogP contribution is 2.25. The summed E-state index contributed by atoms with van der Waals surface area (Å²) in [5, 5.41) is 3.57. The highest BCUT2D eigenvalue weighted by atomic mass is 16.1. The van der Waals surface area contributed by atoms with Crippen LogP contribution < -0.4 is 16.0 Å². The molecule has 4 rings (SSSR count). The molecule has 152 valence electrons. The molecule has 1 unspecified atom stereocenters. The van der Waals surface area contributed by atoms with Crippen molar-refractivity contribution in [3.63, 3.8) is 0 Å². The monoisotopic (exact) mass is 399 g/mol. The molecule has 1 aliphatic heterocycles. The van der Waals surface area contributed by atoms with Gasteiger partial charge in [0.1, 0.15) is 17.3 Å². The number of benzene rings is 1. The van der Waals surface area contributed by atoms with E-state index in [1.807, 2.05) is 37.3 Å². The predicted molar refractivity (Wildman–Crippen MR) is 120 cm³/mol. The van der Waals surface area contributed by atoms with E-state index in [0.29, 0.717) is 11.3 Å². The number of aromatic nitrogens is 2. The Labute approximate surface area is 176 Å². The maximum atomic E-state index is 13.2. The second-order valence-electron chi connectivity index (χ2n) is 7.24. The fourth-order valence-corrected chi connectivity index (χ4v) is 3.74. The van der Waals surface area contributed by atoms with Crippen LogP contribution >= 0.6 is 0 Å². The molecule has 0 amide bonds. The first-order valence-electron chi connectivity index (χ1n) is 10.1. The topological polar surface area (TPSA) is 84.1 Å². The molecule has 6 nitrogen and oxygen atoms in total. The van der Waals surface area contributed by atoms with Gasteiger partial charge in [0.2, 0.25) is 5.78 Å². The number of hydrogen-bond donors (Lipinski definition) is 2. The zero-order chi connectivity index (χ0) is 20.9. The van der Waals surface area contributed by atoms with Crippen molar-refractivity contribution in [1.82, 2.24) is 15.3 Å². The highest BCUT2D eigenvalue weighted by Gasteiger charge is 2.24. The van der Waals surface area contributed by atoms with Gasteiger partial charge in [-0.2, -0.15) is 0 Å². The summed E-state index contributed by atoms with van der Waals surface area (Å²) in [4.78, 5) is 24.3. The molecular weight excluding hydrogens is 374 g/mol. The molecule has 2 aromatic heterocycles. The van der Waals surface area contributed by atoms with Crippen molar-refractivity contribution in [2.45, 2.75) is 13.0 Å². The summed E-state index contributed by atoms with van der Waals surface area (Å²) < 4.78 is 0. The standard InChI is InChI=1S/C24H25N5O/c1-2-7-18-11-12-21(28-22(18)23(30)19-10-6-13-27-24(19)25)29-15-14-26-20(16-29)17-8-4-3-5-9-17/h2-13,20,26H,14-16H2,1H3,(H2,25,27)/b7-2-. The second-order valence-corrected chi connectivity index (χ2v) is 7.24. The largest absolute Gasteiger partial charge is 0.383 e. The molecule has 0 aliphatic carbocycles. The minimum Gasteiger partial charge on any atom is -0.383 e. The van der Waals surface area contributed by atoms with Gasteiger partial charge in [-0.3, -0.25) is 4.79 Å². The number of ketones is 1. The number of nitrogens with zero attached hydrogens (tertiary/aromatic N) is 3. The maximum Gasteiger partial charge on any atom is 0.215 e. The fraction of sp³-hybridized carbons (Fsp3) is 0.208. The van der Waals surface area contributed by atoms with E-state index in [1.54, 1.807) is 18.3 Å². The van der Waals surface area contributed by atoms with Crippen molar-refractivity contribution >= 4 is 23.5 Å². The quantitative estimate of drug-likeness (QED) is 0.639. The first-order chi connectivity index (χ1) is 14.7. The molecule has 0 bridgehead atoms. The lowest BCUT2D eigenvalue weighted by Gasteiger charge is -2.35. The summed E-state index contributed by atoms with van der Waals surface area (Å²) in [5.41, 5.74) is 8.72. The van der Waals surface area contributed by atoms with E-state index >= 15 is 0 Å². The lowest BCUT2D eigenvalue weighted by molar-refractivity contribution is 0.103. The smallest absolute Gasteiger partial charge is 0.215 e. The Morgan fingerprint density at radius 1 is 1.17 bits per heavy atom. The Hall–Kier alpha value is -3.51. The van der Waals surface area contributed by atoms with Crippen LogP contribution in [0.3, 0.4) is 0 Å². The molecule has 3 N–H and O–H groups in total. The number of pyridine rings is 2. The minimum absolute atomic E-state index is 0.213. The highest BCUT2D eigenvalue weighted by molar-refractivity contribution is 6.12. The fourth-order valence-electron chi connectivity index (χ4n) is 3.74. The molecule has 1 aromatic carbocycles. The van der Waals surface area contributed by atoms with Crippen molar-refractivity contribution in [2.24, 2.45) is 0 Å². The number of allylic oxidation sites excluding steroid dienone is 1. The molecule has 1 fully saturated rings. The van der Waals surface area contributed by atoms with Crippen molar-refractivity contribution in [3.8, 4) is 0 Å².